The maximum atomic E-state index is 11.5. The normalized spacial score (nSPS) is 9.31. The van der Waals surface area contributed by atoms with E-state index in [-0.39, 0.29) is 5.97 Å². The Morgan fingerprint density at radius 3 is 2.81 bits per heavy atom. The van der Waals surface area contributed by atoms with Gasteiger partial charge in [-0.15, -0.1) is 0 Å². The summed E-state index contributed by atoms with van der Waals surface area (Å²) in [7, 11) is 3.20. The highest BCUT2D eigenvalue weighted by atomic mass is 16.5. The number of hydrogen-bond acceptors (Lipinski definition) is 4. The lowest BCUT2D eigenvalue weighted by Crippen LogP contribution is -2.21. The molecular formula is C12H14N2O2. The fourth-order valence-electron chi connectivity index (χ4n) is 1.43. The highest BCUT2D eigenvalue weighted by Crippen LogP contribution is 2.19. The molecule has 0 atom stereocenters. The molecule has 0 unspecified atom stereocenters. The molecule has 0 aliphatic heterocycles. The quantitative estimate of drug-likeness (QED) is 0.723. The van der Waals surface area contributed by atoms with E-state index in [9.17, 15) is 4.79 Å². The van der Waals surface area contributed by atoms with Crippen molar-refractivity contribution in [2.24, 2.45) is 0 Å². The Balaban J connectivity index is 2.94. The zero-order chi connectivity index (χ0) is 12.0. The van der Waals surface area contributed by atoms with Gasteiger partial charge in [0, 0.05) is 13.6 Å². The molecule has 1 rings (SSSR count). The maximum Gasteiger partial charge on any atom is 0.339 e. The first kappa shape index (κ1) is 12.1. The predicted octanol–water partition coefficient (Wildman–Crippen LogP) is 1.82. The van der Waals surface area contributed by atoms with Crippen LogP contribution >= 0.6 is 0 Å². The Hall–Kier alpha value is -2.02. The van der Waals surface area contributed by atoms with Crippen LogP contribution in [0, 0.1) is 11.3 Å². The van der Waals surface area contributed by atoms with Crippen LogP contribution in [-0.4, -0.2) is 26.7 Å². The first-order valence-corrected chi connectivity index (χ1v) is 4.96. The van der Waals surface area contributed by atoms with Crippen molar-refractivity contribution in [1.29, 1.82) is 5.26 Å². The van der Waals surface area contributed by atoms with Gasteiger partial charge < -0.3 is 9.64 Å². The van der Waals surface area contributed by atoms with Crippen molar-refractivity contribution in [2.45, 2.75) is 6.42 Å². The molecule has 1 aromatic rings. The van der Waals surface area contributed by atoms with Crippen LogP contribution in [0.2, 0.25) is 0 Å². The molecule has 0 N–H and O–H groups in total. The van der Waals surface area contributed by atoms with E-state index in [1.54, 1.807) is 12.1 Å². The number of esters is 1. The lowest BCUT2D eigenvalue weighted by atomic mass is 10.1. The van der Waals surface area contributed by atoms with Gasteiger partial charge in [0.2, 0.25) is 0 Å². The van der Waals surface area contributed by atoms with Gasteiger partial charge in [-0.3, -0.25) is 0 Å². The smallest absolute Gasteiger partial charge is 0.339 e. The maximum absolute atomic E-state index is 11.5. The van der Waals surface area contributed by atoms with Crippen LogP contribution in [0.25, 0.3) is 0 Å². The standard InChI is InChI=1S/C12H14N2O2/c1-14(9-5-8-13)11-7-4-3-6-10(11)12(15)16-2/h3-4,6-7H,5,9H2,1-2H3. The van der Waals surface area contributed by atoms with Crippen molar-refractivity contribution in [1.82, 2.24) is 0 Å². The van der Waals surface area contributed by atoms with E-state index < -0.39 is 0 Å². The van der Waals surface area contributed by atoms with E-state index in [0.717, 1.165) is 5.69 Å². The number of carbonyl (C=O) groups excluding carboxylic acids is 1. The van der Waals surface area contributed by atoms with E-state index in [1.807, 2.05) is 24.1 Å². The van der Waals surface area contributed by atoms with Gasteiger partial charge in [-0.2, -0.15) is 5.26 Å². The monoisotopic (exact) mass is 218 g/mol. The molecule has 0 saturated heterocycles. The third-order valence-corrected chi connectivity index (χ3v) is 2.28. The molecule has 4 heteroatoms. The van der Waals surface area contributed by atoms with Gasteiger partial charge in [-0.05, 0) is 12.1 Å². The minimum absolute atomic E-state index is 0.362. The second kappa shape index (κ2) is 5.76. The Bertz CT molecular complexity index is 410. The molecule has 84 valence electrons. The molecule has 0 bridgehead atoms. The minimum Gasteiger partial charge on any atom is -0.465 e. The van der Waals surface area contributed by atoms with Crippen molar-refractivity contribution >= 4 is 11.7 Å². The summed E-state index contributed by atoms with van der Waals surface area (Å²) in [5, 5.41) is 8.52. The lowest BCUT2D eigenvalue weighted by molar-refractivity contribution is 0.0601. The molecule has 16 heavy (non-hydrogen) atoms. The van der Waals surface area contributed by atoms with Gasteiger partial charge in [0.1, 0.15) is 0 Å². The SMILES string of the molecule is COC(=O)c1ccccc1N(C)CCC#N. The molecule has 0 spiro atoms. The number of para-hydroxylation sites is 1. The summed E-state index contributed by atoms with van der Waals surface area (Å²) < 4.78 is 4.70. The summed E-state index contributed by atoms with van der Waals surface area (Å²) >= 11 is 0. The van der Waals surface area contributed by atoms with Crippen LogP contribution < -0.4 is 4.90 Å². The van der Waals surface area contributed by atoms with Crippen LogP contribution in [0.4, 0.5) is 5.69 Å². The van der Waals surface area contributed by atoms with Gasteiger partial charge in [0.25, 0.3) is 0 Å². The third-order valence-electron chi connectivity index (χ3n) is 2.28. The molecule has 0 aliphatic rings. The van der Waals surface area contributed by atoms with E-state index in [4.69, 9.17) is 10.00 Å². The molecule has 0 fully saturated rings. The Kier molecular flexibility index (Phi) is 4.34. The number of ether oxygens (including phenoxy) is 1. The second-order valence-corrected chi connectivity index (χ2v) is 3.34. The predicted molar refractivity (Wildman–Crippen MR) is 61.3 cm³/mol. The van der Waals surface area contributed by atoms with Crippen LogP contribution in [0.5, 0.6) is 0 Å². The molecule has 0 radical (unpaired) electrons. The molecule has 4 nitrogen and oxygen atoms in total. The molecule has 0 aliphatic carbocycles. The Morgan fingerprint density at radius 1 is 1.50 bits per heavy atom. The topological polar surface area (TPSA) is 53.3 Å². The van der Waals surface area contributed by atoms with Crippen molar-refractivity contribution in [3.8, 4) is 6.07 Å². The third kappa shape index (κ3) is 2.74. The van der Waals surface area contributed by atoms with Gasteiger partial charge in [0.15, 0.2) is 0 Å². The van der Waals surface area contributed by atoms with Crippen molar-refractivity contribution in [2.75, 3.05) is 25.6 Å². The average Bonchev–Trinajstić information content (AvgIpc) is 2.35. The number of nitrogens with zero attached hydrogens (tertiary/aromatic N) is 2. The molecule has 1 aromatic carbocycles. The first-order valence-electron chi connectivity index (χ1n) is 4.96. The largest absolute Gasteiger partial charge is 0.465 e. The van der Waals surface area contributed by atoms with Crippen molar-refractivity contribution < 1.29 is 9.53 Å². The number of rotatable bonds is 4. The summed E-state index contributed by atoms with van der Waals surface area (Å²) in [4.78, 5) is 13.4. The fraction of sp³-hybridized carbons (Fsp3) is 0.333. The first-order chi connectivity index (χ1) is 7.70. The van der Waals surface area contributed by atoms with Gasteiger partial charge in [0.05, 0.1) is 30.9 Å². The molecule has 0 amide bonds. The minimum atomic E-state index is -0.362. The summed E-state index contributed by atoms with van der Waals surface area (Å²) in [6.07, 6.45) is 0.423. The highest BCUT2D eigenvalue weighted by molar-refractivity contribution is 5.95. The van der Waals surface area contributed by atoms with E-state index >= 15 is 0 Å². The highest BCUT2D eigenvalue weighted by Gasteiger charge is 2.13. The van der Waals surface area contributed by atoms with Gasteiger partial charge in [-0.1, -0.05) is 12.1 Å². The molecular weight excluding hydrogens is 204 g/mol. The molecule has 0 saturated carbocycles. The number of anilines is 1. The Labute approximate surface area is 95.0 Å². The van der Waals surface area contributed by atoms with E-state index in [2.05, 4.69) is 6.07 Å². The summed E-state index contributed by atoms with van der Waals surface area (Å²) in [6, 6.07) is 9.26. The number of benzene rings is 1. The van der Waals surface area contributed by atoms with Gasteiger partial charge in [-0.25, -0.2) is 4.79 Å². The van der Waals surface area contributed by atoms with Crippen molar-refractivity contribution in [3.63, 3.8) is 0 Å². The summed E-state index contributed by atoms with van der Waals surface area (Å²) in [6.45, 7) is 0.588. The van der Waals surface area contributed by atoms with Crippen LogP contribution in [0.1, 0.15) is 16.8 Å². The molecule has 0 aromatic heterocycles. The van der Waals surface area contributed by atoms with E-state index in [1.165, 1.54) is 7.11 Å². The van der Waals surface area contributed by atoms with Crippen molar-refractivity contribution in [3.05, 3.63) is 29.8 Å². The zero-order valence-electron chi connectivity index (χ0n) is 9.43. The zero-order valence-corrected chi connectivity index (χ0v) is 9.43. The van der Waals surface area contributed by atoms with Gasteiger partial charge >= 0.3 is 5.97 Å². The number of carbonyl (C=O) groups is 1. The van der Waals surface area contributed by atoms with Crippen LogP contribution in [0.3, 0.4) is 0 Å². The summed E-state index contributed by atoms with van der Waals surface area (Å²) in [5.74, 6) is -0.362. The van der Waals surface area contributed by atoms with Crippen LogP contribution in [-0.2, 0) is 4.74 Å². The second-order valence-electron chi connectivity index (χ2n) is 3.34. The fourth-order valence-corrected chi connectivity index (χ4v) is 1.43. The lowest BCUT2D eigenvalue weighted by Gasteiger charge is -2.20. The number of hydrogen-bond donors (Lipinski definition) is 0. The number of methoxy groups -OCH3 is 1. The van der Waals surface area contributed by atoms with E-state index in [0.29, 0.717) is 18.5 Å². The average molecular weight is 218 g/mol. The van der Waals surface area contributed by atoms with Crippen LogP contribution in [0.15, 0.2) is 24.3 Å². The number of nitriles is 1. The molecule has 0 heterocycles. The summed E-state index contributed by atoms with van der Waals surface area (Å²) in [5.41, 5.74) is 1.30. The Morgan fingerprint density at radius 2 is 2.19 bits per heavy atom.